The highest BCUT2D eigenvalue weighted by Gasteiger charge is 2.67. The number of rotatable bonds is 4. The number of nitrogen functional groups attached to an aromatic ring is 1. The number of carboxylic acids is 1. The van der Waals surface area contributed by atoms with E-state index in [0.29, 0.717) is 11.9 Å². The number of carbonyl (C=O) groups is 6. The highest BCUT2D eigenvalue weighted by atomic mass is 32.2. The fraction of sp³-hybridized carbons (Fsp3) is 0.538. The maximum absolute atomic E-state index is 12.9. The number of nitrogens with zero attached hydrogens (tertiary/aromatic N) is 4. The van der Waals surface area contributed by atoms with Crippen molar-refractivity contribution in [3.05, 3.63) is 100 Å². The van der Waals surface area contributed by atoms with Gasteiger partial charge in [0.05, 0.1) is 11.1 Å². The number of amides is 5. The number of thioether (sulfide) groups is 1. The predicted octanol–water partition coefficient (Wildman–Crippen LogP) is 7.46. The van der Waals surface area contributed by atoms with Gasteiger partial charge in [-0.05, 0) is 162 Å². The maximum Gasteiger partial charge on any atom is 0.327 e. The van der Waals surface area contributed by atoms with Crippen LogP contribution in [0.5, 0.6) is 0 Å². The van der Waals surface area contributed by atoms with E-state index in [9.17, 15) is 33.9 Å². The second kappa shape index (κ2) is 14.7. The molecule has 5 heterocycles. The monoisotopic (exact) mass is 895 g/mol. The Morgan fingerprint density at radius 2 is 1.18 bits per heavy atom. The Labute approximate surface area is 383 Å². The van der Waals surface area contributed by atoms with Gasteiger partial charge in [-0.15, -0.1) is 11.8 Å². The van der Waals surface area contributed by atoms with E-state index in [-0.39, 0.29) is 22.6 Å². The second-order valence-electron chi connectivity index (χ2n) is 22.0. The first-order valence-electron chi connectivity index (χ1n) is 24.0. The Kier molecular flexibility index (Phi) is 9.31. The van der Waals surface area contributed by atoms with E-state index in [1.807, 2.05) is 30.3 Å². The zero-order valence-electron chi connectivity index (χ0n) is 37.1. The molecular weight excluding hydrogens is 839 g/mol. The zero-order valence-corrected chi connectivity index (χ0v) is 37.9. The molecule has 3 aromatic rings. The average Bonchev–Trinajstić information content (AvgIpc) is 3.95. The van der Waals surface area contributed by atoms with Crippen molar-refractivity contribution >= 4 is 53.0 Å². The lowest BCUT2D eigenvalue weighted by Gasteiger charge is -2.59. The lowest BCUT2D eigenvalue weighted by molar-refractivity contribution is -0.162. The van der Waals surface area contributed by atoms with Gasteiger partial charge in [-0.1, -0.05) is 36.4 Å². The number of nitrogens with two attached hydrogens (primary N) is 1. The number of benzene rings is 3. The van der Waals surface area contributed by atoms with Gasteiger partial charge < -0.3 is 25.5 Å². The third kappa shape index (κ3) is 6.22. The molecule has 13 aliphatic rings. The minimum atomic E-state index is -1.08. The first-order chi connectivity index (χ1) is 31.2. The molecule has 0 spiro atoms. The minimum absolute atomic E-state index is 0.150. The summed E-state index contributed by atoms with van der Waals surface area (Å²) in [4.78, 5) is 81.6. The number of imide groups is 1. The van der Waals surface area contributed by atoms with Crippen molar-refractivity contribution in [1.29, 1.82) is 0 Å². The van der Waals surface area contributed by atoms with Gasteiger partial charge in [0.15, 0.2) is 0 Å². The van der Waals surface area contributed by atoms with Crippen LogP contribution >= 0.6 is 11.8 Å². The number of fused-ring (bicyclic) bond motifs is 4. The van der Waals surface area contributed by atoms with Crippen molar-refractivity contribution in [2.75, 3.05) is 5.73 Å². The molecule has 8 aliphatic carbocycles. The van der Waals surface area contributed by atoms with Gasteiger partial charge in [0.2, 0.25) is 0 Å². The van der Waals surface area contributed by atoms with Crippen LogP contribution in [0.3, 0.4) is 0 Å². The van der Waals surface area contributed by atoms with Crippen molar-refractivity contribution in [1.82, 2.24) is 19.6 Å². The normalized spacial score (nSPS) is 36.8. The van der Waals surface area contributed by atoms with Crippen molar-refractivity contribution in [2.24, 2.45) is 41.4 Å². The molecule has 3 aromatic carbocycles. The number of hydrogen-bond donors (Lipinski definition) is 2. The van der Waals surface area contributed by atoms with Crippen LogP contribution < -0.4 is 5.73 Å². The zero-order chi connectivity index (χ0) is 44.8. The molecule has 0 radical (unpaired) electrons. The highest BCUT2D eigenvalue weighted by molar-refractivity contribution is 8.01. The lowest BCUT2D eigenvalue weighted by atomic mass is 9.52. The second-order valence-corrected chi connectivity index (χ2v) is 23.8. The molecule has 0 aromatic heterocycles. The fourth-order valence-corrected chi connectivity index (χ4v) is 17.4. The number of hydrogen-bond acceptors (Lipinski definition) is 8. The van der Waals surface area contributed by atoms with E-state index in [4.69, 9.17) is 5.73 Å². The first kappa shape index (κ1) is 41.3. The topological polar surface area (TPSA) is 162 Å². The lowest BCUT2D eigenvalue weighted by Crippen LogP contribution is -2.71. The highest BCUT2D eigenvalue weighted by Crippen LogP contribution is 2.60. The van der Waals surface area contributed by atoms with E-state index in [2.05, 4.69) is 21.9 Å². The van der Waals surface area contributed by atoms with Gasteiger partial charge >= 0.3 is 5.97 Å². The van der Waals surface area contributed by atoms with E-state index >= 15 is 0 Å². The SMILES string of the molecule is CC1(C)S[C@@H]2[C@H](N3C(=O)c4ccccc4C3=O)C(=O)N2[C@H]1C(=O)O.Nc1cccc2c1CN(C13CC4CC(CC(C4)C1)C3)C2=O.O=C1c2ccccc2CN1C1C2CC3CC(C2)CC1C3. The maximum atomic E-state index is 12.9. The van der Waals surface area contributed by atoms with Crippen molar-refractivity contribution in [3.8, 4) is 0 Å². The third-order valence-corrected chi connectivity index (χ3v) is 19.3. The summed E-state index contributed by atoms with van der Waals surface area (Å²) in [5.41, 5.74) is 11.7. The van der Waals surface area contributed by atoms with Crippen LogP contribution in [0, 0.1) is 41.4 Å². The number of anilines is 1. The van der Waals surface area contributed by atoms with E-state index < -0.39 is 45.9 Å². The largest absolute Gasteiger partial charge is 0.480 e. The molecule has 65 heavy (non-hydrogen) atoms. The quantitative estimate of drug-likeness (QED) is 0.154. The van der Waals surface area contributed by atoms with Crippen LogP contribution in [0.4, 0.5) is 5.69 Å². The summed E-state index contributed by atoms with van der Waals surface area (Å²) < 4.78 is -0.695. The smallest absolute Gasteiger partial charge is 0.327 e. The molecule has 8 saturated carbocycles. The molecule has 0 unspecified atom stereocenters. The summed E-state index contributed by atoms with van der Waals surface area (Å²) in [6.07, 6.45) is 15.0. The molecule has 16 rings (SSSR count). The third-order valence-electron chi connectivity index (χ3n) is 17.7. The summed E-state index contributed by atoms with van der Waals surface area (Å²) in [5, 5.41) is 8.91. The number of carboxylic acid groups (broad SMARTS) is 1. The molecule has 2 saturated heterocycles. The van der Waals surface area contributed by atoms with Crippen LogP contribution in [-0.2, 0) is 22.7 Å². The van der Waals surface area contributed by atoms with Gasteiger partial charge in [-0.25, -0.2) is 4.79 Å². The summed E-state index contributed by atoms with van der Waals surface area (Å²) in [6, 6.07) is 19.1. The van der Waals surface area contributed by atoms with Crippen LogP contribution in [0.1, 0.15) is 137 Å². The number of carbonyl (C=O) groups excluding carboxylic acids is 5. The van der Waals surface area contributed by atoms with Gasteiger partial charge in [0.25, 0.3) is 29.5 Å². The van der Waals surface area contributed by atoms with Gasteiger partial charge in [-0.3, -0.25) is 28.9 Å². The molecule has 3 N–H and O–H groups in total. The van der Waals surface area contributed by atoms with Crippen LogP contribution in [0.15, 0.2) is 66.7 Å². The molecule has 5 aliphatic heterocycles. The molecule has 13 heteroatoms. The summed E-state index contributed by atoms with van der Waals surface area (Å²) in [6.45, 7) is 5.11. The Morgan fingerprint density at radius 1 is 0.646 bits per heavy atom. The van der Waals surface area contributed by atoms with Crippen molar-refractivity contribution in [2.45, 2.75) is 131 Å². The van der Waals surface area contributed by atoms with Gasteiger partial charge in [0.1, 0.15) is 17.5 Å². The molecule has 10 fully saturated rings. The number of β-lactam (4-membered cyclic amide) rings is 1. The van der Waals surface area contributed by atoms with Gasteiger partial charge in [-0.2, -0.15) is 0 Å². The summed E-state index contributed by atoms with van der Waals surface area (Å²) in [7, 11) is 0. The molecule has 12 nitrogen and oxygen atoms in total. The average molecular weight is 896 g/mol. The van der Waals surface area contributed by atoms with E-state index in [1.165, 1.54) is 92.9 Å². The Hall–Kier alpha value is -5.17. The van der Waals surface area contributed by atoms with Crippen LogP contribution in [0.2, 0.25) is 0 Å². The minimum Gasteiger partial charge on any atom is -0.480 e. The Morgan fingerprint density at radius 3 is 1.74 bits per heavy atom. The molecule has 338 valence electrons. The fourth-order valence-electron chi connectivity index (χ4n) is 15.7. The standard InChI is InChI=1S/C18H22N2O.C18H21NO.C16H14N2O5S/c19-16-3-1-2-14-15(16)10-20(17(14)21)18-7-11-4-12(8-18)6-13(5-11)9-18;20-18-16-4-2-1-3-13(16)10-19(18)17-14-6-11-5-12(8-14)9-15(17)7-11;1-16(2)10(15(22)23)18-13(21)9(14(18)24-16)17-11(19)7-5-3-4-6-8(7)12(17)20/h1-3,11-13H,4-10,19H2;1-4,11-12,14-15,17H,5-10H2;3-6,9-10,14H,1-2H3,(H,22,23)/t;;9-,10+,14-/m..1/s1. The summed E-state index contributed by atoms with van der Waals surface area (Å²) >= 11 is 1.31. The summed E-state index contributed by atoms with van der Waals surface area (Å²) in [5.74, 6) is 4.13. The van der Waals surface area contributed by atoms with Crippen LogP contribution in [0.25, 0.3) is 0 Å². The molecule has 5 amide bonds. The molecule has 8 bridgehead atoms. The van der Waals surface area contributed by atoms with E-state index in [0.717, 1.165) is 81.8 Å². The predicted molar refractivity (Wildman–Crippen MR) is 243 cm³/mol. The Balaban J connectivity index is 0.000000103. The molecular formula is C52H57N5O7S. The van der Waals surface area contributed by atoms with Crippen LogP contribution in [-0.4, -0.2) is 94.0 Å². The van der Waals surface area contributed by atoms with E-state index in [1.54, 1.807) is 38.1 Å². The Bertz CT molecular complexity index is 2490. The number of aliphatic carboxylic acids is 1. The van der Waals surface area contributed by atoms with Crippen molar-refractivity contribution < 1.29 is 33.9 Å². The van der Waals surface area contributed by atoms with Gasteiger partial charge in [0, 0.05) is 51.8 Å². The van der Waals surface area contributed by atoms with Crippen molar-refractivity contribution in [3.63, 3.8) is 0 Å². The molecule has 3 atom stereocenters. The first-order valence-corrected chi connectivity index (χ1v) is 24.9.